The van der Waals surface area contributed by atoms with Crippen LogP contribution in [-0.4, -0.2) is 48.5 Å². The van der Waals surface area contributed by atoms with Crippen molar-refractivity contribution in [1.82, 2.24) is 15.0 Å². The second-order valence-corrected chi connectivity index (χ2v) is 7.44. The fourth-order valence-corrected chi connectivity index (χ4v) is 4.47. The molecule has 20 heavy (non-hydrogen) atoms. The molecule has 1 saturated heterocycles. The van der Waals surface area contributed by atoms with Gasteiger partial charge in [0.1, 0.15) is 6.26 Å². The van der Waals surface area contributed by atoms with Gasteiger partial charge in [-0.25, -0.2) is 9.76 Å². The Kier molecular flexibility index (Phi) is 10.1. The van der Waals surface area contributed by atoms with E-state index in [1.54, 1.807) is 10.9 Å². The van der Waals surface area contributed by atoms with Crippen molar-refractivity contribution in [2.75, 3.05) is 38.0 Å². The Bertz CT molecular complexity index is 344. The normalized spacial score (nSPS) is 25.8. The maximum Gasteiger partial charge on any atom is 0.343 e. The van der Waals surface area contributed by atoms with Crippen LogP contribution in [-0.2, 0) is 13.9 Å². The molecule has 1 fully saturated rings. The lowest BCUT2D eigenvalue weighted by molar-refractivity contribution is 0.212. The molecule has 1 atom stereocenters. The monoisotopic (exact) mass is 361 g/mol. The molecule has 116 valence electrons. The first-order valence-corrected chi connectivity index (χ1v) is 9.80. The van der Waals surface area contributed by atoms with E-state index in [9.17, 15) is 4.57 Å². The molecule has 0 amide bonds. The van der Waals surface area contributed by atoms with Gasteiger partial charge in [-0.1, -0.05) is 0 Å². The molecule has 6 nitrogen and oxygen atoms in total. The van der Waals surface area contributed by atoms with Crippen LogP contribution < -0.4 is 10.3 Å². The van der Waals surface area contributed by atoms with Gasteiger partial charge in [0.05, 0.1) is 6.61 Å². The van der Waals surface area contributed by atoms with Crippen LogP contribution >= 0.6 is 39.2 Å². The molecular weight excluding hydrogens is 343 g/mol. The largest absolute Gasteiger partial charge is 0.408 e. The van der Waals surface area contributed by atoms with E-state index >= 15 is 0 Å². The van der Waals surface area contributed by atoms with Gasteiger partial charge in [0, 0.05) is 39.7 Å². The number of alkyl halides is 2. The third-order valence-corrected chi connectivity index (χ3v) is 5.54. The number of halogens is 2. The topological polar surface area (TPSA) is 62.8 Å². The summed E-state index contributed by atoms with van der Waals surface area (Å²) in [5.74, 6) is 2.79. The molecule has 2 heterocycles. The van der Waals surface area contributed by atoms with E-state index in [-0.39, 0.29) is 0 Å². The minimum Gasteiger partial charge on any atom is -0.408 e. The Hall–Kier alpha value is 0.360. The van der Waals surface area contributed by atoms with Crippen molar-refractivity contribution in [3.8, 4) is 0 Å². The Morgan fingerprint density at radius 3 is 2.45 bits per heavy atom. The molecule has 10 heteroatoms. The highest BCUT2D eigenvalue weighted by molar-refractivity contribution is 7.54. The Morgan fingerprint density at radius 2 is 2.10 bits per heavy atom. The molecule has 0 aromatic rings. The summed E-state index contributed by atoms with van der Waals surface area (Å²) in [6.45, 7) is 2.31. The molecular formula is C10H19Cl2N3O3P2. The Morgan fingerprint density at radius 1 is 1.35 bits per heavy atom. The number of nitrogens with one attached hydrogen (secondary N) is 2. The minimum absolute atomic E-state index is 0.423. The minimum atomic E-state index is -2.84. The fourth-order valence-electron chi connectivity index (χ4n) is 1.49. The molecule has 0 bridgehead atoms. The molecule has 0 saturated carbocycles. The standard InChI is InChI=1S/C7H15Cl2N2O2P.C3H4NOP/c8-2-5-11(6-3-9)14(12)10-4-1-7-13-14;1-2-5-4-6-3-1/h1-7H2,(H,10,12);1-4H. The number of allylic oxidation sites excluding steroid dienone is 1. The molecule has 2 aliphatic heterocycles. The molecule has 0 spiro atoms. The number of rotatable bonds is 5. The van der Waals surface area contributed by atoms with Gasteiger partial charge in [0.25, 0.3) is 0 Å². The summed E-state index contributed by atoms with van der Waals surface area (Å²) >= 11 is 11.2. The van der Waals surface area contributed by atoms with Gasteiger partial charge in [-0.2, -0.15) is 0 Å². The molecule has 2 N–H and O–H groups in total. The van der Waals surface area contributed by atoms with E-state index in [1.807, 2.05) is 11.9 Å². The zero-order valence-corrected chi connectivity index (χ0v) is 14.3. The highest BCUT2D eigenvalue weighted by atomic mass is 35.5. The van der Waals surface area contributed by atoms with E-state index in [0.29, 0.717) is 31.5 Å². The summed E-state index contributed by atoms with van der Waals surface area (Å²) in [7, 11) is -1.83. The second-order valence-electron chi connectivity index (χ2n) is 3.76. The van der Waals surface area contributed by atoms with Crippen LogP contribution in [0.4, 0.5) is 0 Å². The van der Waals surface area contributed by atoms with E-state index in [2.05, 4.69) is 15.2 Å². The number of hydrogen-bond donors (Lipinski definition) is 2. The quantitative estimate of drug-likeness (QED) is 0.579. The molecule has 2 rings (SSSR count). The van der Waals surface area contributed by atoms with Crippen molar-refractivity contribution >= 4 is 45.0 Å². The summed E-state index contributed by atoms with van der Waals surface area (Å²) < 4.78 is 19.2. The molecule has 2 aliphatic rings. The van der Waals surface area contributed by atoms with Gasteiger partial charge >= 0.3 is 7.67 Å². The van der Waals surface area contributed by atoms with Crippen LogP contribution in [0, 0.1) is 0 Å². The molecule has 0 aromatic carbocycles. The highest BCUT2D eigenvalue weighted by Crippen LogP contribution is 2.47. The van der Waals surface area contributed by atoms with Gasteiger partial charge in [-0.3, -0.25) is 4.57 Å². The lowest BCUT2D eigenvalue weighted by Gasteiger charge is -2.33. The van der Waals surface area contributed by atoms with Crippen molar-refractivity contribution in [2.24, 2.45) is 0 Å². The third-order valence-electron chi connectivity index (χ3n) is 2.37. The van der Waals surface area contributed by atoms with Crippen LogP contribution in [0.15, 0.2) is 12.3 Å². The van der Waals surface area contributed by atoms with Gasteiger partial charge in [-0.15, -0.1) is 28.5 Å². The second kappa shape index (κ2) is 11.0. The van der Waals surface area contributed by atoms with Crippen molar-refractivity contribution < 1.29 is 13.9 Å². The zero-order chi connectivity index (χ0) is 14.7. The van der Waals surface area contributed by atoms with Crippen molar-refractivity contribution in [1.29, 1.82) is 0 Å². The average Bonchev–Trinajstić information content (AvgIpc) is 2.50. The van der Waals surface area contributed by atoms with Crippen LogP contribution in [0.1, 0.15) is 6.42 Å². The Labute approximate surface area is 131 Å². The first kappa shape index (κ1) is 18.4. The van der Waals surface area contributed by atoms with E-state index in [4.69, 9.17) is 27.7 Å². The predicted octanol–water partition coefficient (Wildman–Crippen LogP) is 2.58. The smallest absolute Gasteiger partial charge is 0.343 e. The first-order chi connectivity index (χ1) is 9.73. The number of hydrogen-bond acceptors (Lipinski definition) is 4. The Balaban J connectivity index is 0.000000276. The maximum absolute atomic E-state index is 12.2. The molecule has 0 radical (unpaired) electrons. The van der Waals surface area contributed by atoms with E-state index < -0.39 is 7.67 Å². The molecule has 0 aromatic heterocycles. The van der Waals surface area contributed by atoms with Gasteiger partial charge < -0.3 is 9.36 Å². The van der Waals surface area contributed by atoms with Crippen molar-refractivity contribution in [2.45, 2.75) is 6.42 Å². The first-order valence-electron chi connectivity index (χ1n) is 6.19. The van der Waals surface area contributed by atoms with Gasteiger partial charge in [-0.05, 0) is 18.3 Å². The van der Waals surface area contributed by atoms with Crippen LogP contribution in [0.25, 0.3) is 0 Å². The van der Waals surface area contributed by atoms with Gasteiger partial charge in [0.2, 0.25) is 0 Å². The van der Waals surface area contributed by atoms with Crippen molar-refractivity contribution in [3.63, 3.8) is 0 Å². The predicted molar refractivity (Wildman–Crippen MR) is 85.5 cm³/mol. The van der Waals surface area contributed by atoms with Gasteiger partial charge in [0.15, 0.2) is 0 Å². The maximum atomic E-state index is 12.2. The zero-order valence-electron chi connectivity index (χ0n) is 11.0. The lowest BCUT2D eigenvalue weighted by Crippen LogP contribution is -2.35. The van der Waals surface area contributed by atoms with Crippen LogP contribution in [0.5, 0.6) is 0 Å². The summed E-state index contributed by atoms with van der Waals surface area (Å²) in [4.78, 5) is 4.60. The molecule has 1 unspecified atom stereocenters. The van der Waals surface area contributed by atoms with Crippen molar-refractivity contribution in [3.05, 3.63) is 12.3 Å². The van der Waals surface area contributed by atoms with Crippen LogP contribution in [0.3, 0.4) is 0 Å². The third kappa shape index (κ3) is 6.88. The summed E-state index contributed by atoms with van der Waals surface area (Å²) in [5.41, 5.74) is 0. The summed E-state index contributed by atoms with van der Waals surface area (Å²) in [6, 6.07) is 0. The SMILES string of the molecule is C1=CONP=C1.O=P1(N(CCCl)CCCl)NCCCO1. The summed E-state index contributed by atoms with van der Waals surface area (Å²) in [6.07, 6.45) is 4.33. The average molecular weight is 362 g/mol. The lowest BCUT2D eigenvalue weighted by atomic mass is 10.5. The fraction of sp³-hybridized carbons (Fsp3) is 0.700. The van der Waals surface area contributed by atoms with E-state index in [0.717, 1.165) is 21.3 Å². The number of nitrogens with zero attached hydrogens (tertiary/aromatic N) is 1. The van der Waals surface area contributed by atoms with Crippen LogP contribution in [0.2, 0.25) is 0 Å². The molecule has 0 aliphatic carbocycles. The summed E-state index contributed by atoms with van der Waals surface area (Å²) in [5, 5.41) is 5.52. The highest BCUT2D eigenvalue weighted by Gasteiger charge is 2.32. The van der Waals surface area contributed by atoms with E-state index in [1.165, 1.54) is 0 Å².